The maximum atomic E-state index is 12.3. The quantitative estimate of drug-likeness (QED) is 0.775. The van der Waals surface area contributed by atoms with E-state index in [2.05, 4.69) is 4.98 Å². The minimum atomic E-state index is -0.0341. The van der Waals surface area contributed by atoms with Gasteiger partial charge in [0.05, 0.1) is 13.3 Å². The average molecular weight is 241 g/mol. The van der Waals surface area contributed by atoms with Crippen LogP contribution in [0.4, 0.5) is 0 Å². The van der Waals surface area contributed by atoms with Gasteiger partial charge in [0.25, 0.3) is 0 Å². The molecule has 0 saturated carbocycles. The molecule has 1 aromatic carbocycles. The van der Waals surface area contributed by atoms with E-state index < -0.39 is 0 Å². The molecule has 2 aromatic rings. The molecule has 0 bridgehead atoms. The molecule has 18 heavy (non-hydrogen) atoms. The van der Waals surface area contributed by atoms with Gasteiger partial charge in [0.2, 0.25) is 0 Å². The standard InChI is InChI=1S/C15H15NO2/c1-10-4-11(2)6-12(5-10)15(17)13-7-14(18-3)9-16-8-13/h4-9H,1-3H3. The first kappa shape index (κ1) is 12.3. The Kier molecular flexibility index (Phi) is 3.42. The zero-order valence-corrected chi connectivity index (χ0v) is 10.7. The Hall–Kier alpha value is -2.16. The predicted octanol–water partition coefficient (Wildman–Crippen LogP) is 2.94. The number of hydrogen-bond acceptors (Lipinski definition) is 3. The highest BCUT2D eigenvalue weighted by Gasteiger charge is 2.11. The van der Waals surface area contributed by atoms with Crippen molar-refractivity contribution in [2.75, 3.05) is 7.11 Å². The summed E-state index contributed by atoms with van der Waals surface area (Å²) in [6.07, 6.45) is 3.14. The molecule has 3 heteroatoms. The molecule has 0 radical (unpaired) electrons. The second kappa shape index (κ2) is 5.00. The fourth-order valence-corrected chi connectivity index (χ4v) is 1.93. The molecule has 0 atom stereocenters. The van der Waals surface area contributed by atoms with E-state index in [0.717, 1.165) is 11.1 Å². The van der Waals surface area contributed by atoms with E-state index >= 15 is 0 Å². The number of carbonyl (C=O) groups is 1. The third-order valence-corrected chi connectivity index (χ3v) is 2.69. The van der Waals surface area contributed by atoms with Crippen LogP contribution < -0.4 is 4.74 Å². The Bertz CT molecular complexity index is 571. The highest BCUT2D eigenvalue weighted by molar-refractivity contribution is 6.09. The molecule has 3 nitrogen and oxygen atoms in total. The summed E-state index contributed by atoms with van der Waals surface area (Å²) in [6, 6.07) is 7.51. The van der Waals surface area contributed by atoms with Gasteiger partial charge in [-0.05, 0) is 32.0 Å². The number of ketones is 1. The lowest BCUT2D eigenvalue weighted by Crippen LogP contribution is -2.03. The molecule has 1 heterocycles. The van der Waals surface area contributed by atoms with Crippen molar-refractivity contribution in [2.45, 2.75) is 13.8 Å². The van der Waals surface area contributed by atoms with E-state index in [0.29, 0.717) is 16.9 Å². The lowest BCUT2D eigenvalue weighted by molar-refractivity contribution is 0.103. The summed E-state index contributed by atoms with van der Waals surface area (Å²) in [7, 11) is 1.56. The summed E-state index contributed by atoms with van der Waals surface area (Å²) in [5.74, 6) is 0.554. The fraction of sp³-hybridized carbons (Fsp3) is 0.200. The Morgan fingerprint density at radius 1 is 1.00 bits per heavy atom. The lowest BCUT2D eigenvalue weighted by atomic mass is 10.0. The normalized spacial score (nSPS) is 10.2. The monoisotopic (exact) mass is 241 g/mol. The number of pyridine rings is 1. The van der Waals surface area contributed by atoms with Gasteiger partial charge in [-0.15, -0.1) is 0 Å². The van der Waals surface area contributed by atoms with Gasteiger partial charge >= 0.3 is 0 Å². The molecule has 92 valence electrons. The summed E-state index contributed by atoms with van der Waals surface area (Å²) in [6.45, 7) is 3.96. The van der Waals surface area contributed by atoms with Crippen molar-refractivity contribution >= 4 is 5.78 Å². The maximum absolute atomic E-state index is 12.3. The summed E-state index contributed by atoms with van der Waals surface area (Å²) in [4.78, 5) is 16.3. The molecule has 0 amide bonds. The number of aromatic nitrogens is 1. The van der Waals surface area contributed by atoms with E-state index in [4.69, 9.17) is 4.74 Å². The van der Waals surface area contributed by atoms with E-state index in [9.17, 15) is 4.79 Å². The van der Waals surface area contributed by atoms with E-state index in [1.165, 1.54) is 0 Å². The van der Waals surface area contributed by atoms with Crippen molar-refractivity contribution in [3.05, 3.63) is 58.9 Å². The molecule has 0 aliphatic rings. The van der Waals surface area contributed by atoms with Crippen molar-refractivity contribution in [3.8, 4) is 5.75 Å². The SMILES string of the molecule is COc1cncc(C(=O)c2cc(C)cc(C)c2)c1. The minimum absolute atomic E-state index is 0.0341. The summed E-state index contributed by atoms with van der Waals surface area (Å²) in [5, 5.41) is 0. The van der Waals surface area contributed by atoms with Crippen molar-refractivity contribution < 1.29 is 9.53 Å². The molecule has 0 unspecified atom stereocenters. The van der Waals surface area contributed by atoms with Crippen LogP contribution in [0.15, 0.2) is 36.7 Å². The highest BCUT2D eigenvalue weighted by Crippen LogP contribution is 2.16. The summed E-state index contributed by atoms with van der Waals surface area (Å²) >= 11 is 0. The van der Waals surface area contributed by atoms with Crippen LogP contribution >= 0.6 is 0 Å². The van der Waals surface area contributed by atoms with Crippen LogP contribution in [0.25, 0.3) is 0 Å². The Labute approximate surface area is 106 Å². The molecule has 0 fully saturated rings. The third-order valence-electron chi connectivity index (χ3n) is 2.69. The number of hydrogen-bond donors (Lipinski definition) is 0. The zero-order chi connectivity index (χ0) is 13.1. The van der Waals surface area contributed by atoms with Crippen LogP contribution in [0.2, 0.25) is 0 Å². The number of nitrogens with zero attached hydrogens (tertiary/aromatic N) is 1. The first-order valence-corrected chi connectivity index (χ1v) is 5.72. The van der Waals surface area contributed by atoms with E-state index in [1.54, 1.807) is 25.6 Å². The van der Waals surface area contributed by atoms with Crippen LogP contribution in [0, 0.1) is 13.8 Å². The van der Waals surface area contributed by atoms with Gasteiger partial charge in [-0.25, -0.2) is 0 Å². The number of methoxy groups -OCH3 is 1. The molecule has 1 aromatic heterocycles. The zero-order valence-electron chi connectivity index (χ0n) is 10.7. The van der Waals surface area contributed by atoms with Gasteiger partial charge in [0.1, 0.15) is 5.75 Å². The second-order valence-corrected chi connectivity index (χ2v) is 4.32. The van der Waals surface area contributed by atoms with Crippen LogP contribution in [0.3, 0.4) is 0 Å². The molecule has 0 aliphatic heterocycles. The Morgan fingerprint density at radius 3 is 2.28 bits per heavy atom. The molecule has 2 rings (SSSR count). The molecular weight excluding hydrogens is 226 g/mol. The van der Waals surface area contributed by atoms with Gasteiger partial charge in [-0.1, -0.05) is 17.2 Å². The fourth-order valence-electron chi connectivity index (χ4n) is 1.93. The van der Waals surface area contributed by atoms with Crippen molar-refractivity contribution in [2.24, 2.45) is 0 Å². The average Bonchev–Trinajstić information content (AvgIpc) is 2.37. The highest BCUT2D eigenvalue weighted by atomic mass is 16.5. The maximum Gasteiger partial charge on any atom is 0.194 e. The number of aryl methyl sites for hydroxylation is 2. The third kappa shape index (κ3) is 2.56. The van der Waals surface area contributed by atoms with Gasteiger partial charge in [0, 0.05) is 17.3 Å². The van der Waals surface area contributed by atoms with Crippen LogP contribution in [-0.4, -0.2) is 17.9 Å². The summed E-state index contributed by atoms with van der Waals surface area (Å²) < 4.78 is 5.07. The topological polar surface area (TPSA) is 39.2 Å². The minimum Gasteiger partial charge on any atom is -0.495 e. The van der Waals surface area contributed by atoms with Crippen LogP contribution in [-0.2, 0) is 0 Å². The summed E-state index contributed by atoms with van der Waals surface area (Å²) in [5.41, 5.74) is 3.38. The van der Waals surface area contributed by atoms with Crippen molar-refractivity contribution in [3.63, 3.8) is 0 Å². The van der Waals surface area contributed by atoms with Crippen molar-refractivity contribution in [1.29, 1.82) is 0 Å². The van der Waals surface area contributed by atoms with Gasteiger partial charge < -0.3 is 4.74 Å². The number of carbonyl (C=O) groups excluding carboxylic acids is 1. The molecule has 0 aliphatic carbocycles. The van der Waals surface area contributed by atoms with Gasteiger partial charge in [-0.2, -0.15) is 0 Å². The number of rotatable bonds is 3. The molecule has 0 spiro atoms. The lowest BCUT2D eigenvalue weighted by Gasteiger charge is -2.05. The molecule has 0 saturated heterocycles. The number of benzene rings is 1. The van der Waals surface area contributed by atoms with E-state index in [1.807, 2.05) is 32.0 Å². The Morgan fingerprint density at radius 2 is 1.67 bits per heavy atom. The smallest absolute Gasteiger partial charge is 0.194 e. The largest absolute Gasteiger partial charge is 0.495 e. The second-order valence-electron chi connectivity index (χ2n) is 4.32. The van der Waals surface area contributed by atoms with Gasteiger partial charge in [0.15, 0.2) is 5.78 Å². The van der Waals surface area contributed by atoms with Crippen molar-refractivity contribution in [1.82, 2.24) is 4.98 Å². The molecular formula is C15H15NO2. The number of ether oxygens (including phenoxy) is 1. The first-order valence-electron chi connectivity index (χ1n) is 5.72. The predicted molar refractivity (Wildman–Crippen MR) is 70.1 cm³/mol. The Balaban J connectivity index is 2.41. The van der Waals surface area contributed by atoms with E-state index in [-0.39, 0.29) is 5.78 Å². The first-order chi connectivity index (χ1) is 8.60. The van der Waals surface area contributed by atoms with Gasteiger partial charge in [-0.3, -0.25) is 9.78 Å². The van der Waals surface area contributed by atoms with Crippen LogP contribution in [0.1, 0.15) is 27.0 Å². The van der Waals surface area contributed by atoms with Crippen LogP contribution in [0.5, 0.6) is 5.75 Å². The molecule has 0 N–H and O–H groups in total.